The van der Waals surface area contributed by atoms with Crippen molar-refractivity contribution >= 4 is 16.7 Å². The average Bonchev–Trinajstić information content (AvgIpc) is 2.62. The van der Waals surface area contributed by atoms with Crippen LogP contribution in [-0.4, -0.2) is 44.3 Å². The predicted molar refractivity (Wildman–Crippen MR) is 89.1 cm³/mol. The van der Waals surface area contributed by atoms with Crippen molar-refractivity contribution in [1.82, 2.24) is 0 Å². The lowest BCUT2D eigenvalue weighted by atomic mass is 10.1. The van der Waals surface area contributed by atoms with Gasteiger partial charge in [0.15, 0.2) is 6.79 Å². The van der Waals surface area contributed by atoms with Crippen molar-refractivity contribution in [3.05, 3.63) is 49.1 Å². The molecule has 1 unspecified atom stereocenters. The van der Waals surface area contributed by atoms with Gasteiger partial charge in [0, 0.05) is 24.0 Å². The molecule has 0 amide bonds. The molecule has 0 heterocycles. The molecule has 1 N–H and O–H groups in total. The van der Waals surface area contributed by atoms with E-state index in [4.69, 9.17) is 18.9 Å². The molecule has 0 saturated heterocycles. The molecule has 6 heteroatoms. The number of carbonyl (C=O) groups is 1. The first-order valence-electron chi connectivity index (χ1n) is 7.39. The Morgan fingerprint density at radius 3 is 2.33 bits per heavy atom. The maximum absolute atomic E-state index is 11.0. The average molecular weight is 332 g/mol. The molecular weight excluding hydrogens is 312 g/mol. The summed E-state index contributed by atoms with van der Waals surface area (Å²) in [7, 11) is 1.56. The number of fused-ring (bicyclic) bond motifs is 1. The van der Waals surface area contributed by atoms with Gasteiger partial charge in [-0.05, 0) is 12.1 Å². The maximum atomic E-state index is 11.0. The standard InChI is InChI=1S/C18H20O6/c1-3-18(20)23-11-13(19)10-22-16-8-9-17(24-12-21-2)15-7-5-4-6-14(15)16/h3-9,13,19H,1,10-12H2,2H3. The predicted octanol–water partition coefficient (Wildman–Crippen LogP) is 2.29. The smallest absolute Gasteiger partial charge is 0.330 e. The van der Waals surface area contributed by atoms with Crippen LogP contribution in [0.5, 0.6) is 11.5 Å². The third-order valence-electron chi connectivity index (χ3n) is 3.19. The highest BCUT2D eigenvalue weighted by Gasteiger charge is 2.11. The molecule has 6 nitrogen and oxygen atoms in total. The molecule has 2 aromatic rings. The topological polar surface area (TPSA) is 74.2 Å². The minimum absolute atomic E-state index is 0.00725. The zero-order valence-corrected chi connectivity index (χ0v) is 13.4. The van der Waals surface area contributed by atoms with Crippen molar-refractivity contribution in [1.29, 1.82) is 0 Å². The molecule has 128 valence electrons. The van der Waals surface area contributed by atoms with Crippen molar-refractivity contribution in [2.45, 2.75) is 6.10 Å². The molecule has 0 aliphatic carbocycles. The van der Waals surface area contributed by atoms with Crippen LogP contribution in [0.2, 0.25) is 0 Å². The Labute approximate surface area is 140 Å². The first-order chi connectivity index (χ1) is 11.7. The molecule has 24 heavy (non-hydrogen) atoms. The monoisotopic (exact) mass is 332 g/mol. The van der Waals surface area contributed by atoms with Crippen LogP contribution in [0.4, 0.5) is 0 Å². The molecular formula is C18H20O6. The second-order valence-corrected chi connectivity index (χ2v) is 4.96. The van der Waals surface area contributed by atoms with Crippen LogP contribution in [0.1, 0.15) is 0 Å². The van der Waals surface area contributed by atoms with E-state index < -0.39 is 12.1 Å². The summed E-state index contributed by atoms with van der Waals surface area (Å²) in [6.07, 6.45) is 0.108. The molecule has 2 rings (SSSR count). The van der Waals surface area contributed by atoms with E-state index in [9.17, 15) is 9.90 Å². The van der Waals surface area contributed by atoms with Crippen LogP contribution in [0.15, 0.2) is 49.1 Å². The minimum Gasteiger partial charge on any atom is -0.490 e. The summed E-state index contributed by atoms with van der Waals surface area (Å²) >= 11 is 0. The van der Waals surface area contributed by atoms with E-state index >= 15 is 0 Å². The molecule has 1 atom stereocenters. The summed E-state index contributed by atoms with van der Waals surface area (Å²) in [5.41, 5.74) is 0. The fraction of sp³-hybridized carbons (Fsp3) is 0.278. The van der Waals surface area contributed by atoms with Crippen LogP contribution >= 0.6 is 0 Å². The van der Waals surface area contributed by atoms with Crippen molar-refractivity contribution in [3.8, 4) is 11.5 Å². The highest BCUT2D eigenvalue weighted by molar-refractivity contribution is 5.93. The highest BCUT2D eigenvalue weighted by Crippen LogP contribution is 2.33. The molecule has 0 aliphatic rings. The van der Waals surface area contributed by atoms with Gasteiger partial charge in [0.1, 0.15) is 30.8 Å². The highest BCUT2D eigenvalue weighted by atomic mass is 16.7. The largest absolute Gasteiger partial charge is 0.490 e. The number of hydrogen-bond acceptors (Lipinski definition) is 6. The van der Waals surface area contributed by atoms with E-state index in [-0.39, 0.29) is 20.0 Å². The number of methoxy groups -OCH3 is 1. The summed E-state index contributed by atoms with van der Waals surface area (Å²) in [5, 5.41) is 11.5. The second kappa shape index (κ2) is 8.90. The minimum atomic E-state index is -0.933. The van der Waals surface area contributed by atoms with E-state index in [2.05, 4.69) is 6.58 Å². The molecule has 0 fully saturated rings. The quantitative estimate of drug-likeness (QED) is 0.431. The van der Waals surface area contributed by atoms with Gasteiger partial charge in [-0.25, -0.2) is 4.79 Å². The van der Waals surface area contributed by atoms with E-state index in [0.29, 0.717) is 11.5 Å². The van der Waals surface area contributed by atoms with Crippen LogP contribution in [-0.2, 0) is 14.3 Å². The number of hydrogen-bond donors (Lipinski definition) is 1. The lowest BCUT2D eigenvalue weighted by Gasteiger charge is -2.15. The Morgan fingerprint density at radius 1 is 1.12 bits per heavy atom. The van der Waals surface area contributed by atoms with Crippen molar-refractivity contribution < 1.29 is 28.8 Å². The Balaban J connectivity index is 2.07. The Bertz CT molecular complexity index is 697. The van der Waals surface area contributed by atoms with Gasteiger partial charge < -0.3 is 24.1 Å². The van der Waals surface area contributed by atoms with Gasteiger partial charge >= 0.3 is 5.97 Å². The molecule has 0 spiro atoms. The number of aliphatic hydroxyl groups excluding tert-OH is 1. The zero-order chi connectivity index (χ0) is 17.4. The van der Waals surface area contributed by atoms with Gasteiger partial charge in [-0.15, -0.1) is 0 Å². The first-order valence-corrected chi connectivity index (χ1v) is 7.39. The number of carbonyl (C=O) groups excluding carboxylic acids is 1. The number of aliphatic hydroxyl groups is 1. The fourth-order valence-corrected chi connectivity index (χ4v) is 2.09. The Hall–Kier alpha value is -2.57. The van der Waals surface area contributed by atoms with Crippen molar-refractivity contribution in [3.63, 3.8) is 0 Å². The molecule has 0 bridgehead atoms. The van der Waals surface area contributed by atoms with E-state index in [0.717, 1.165) is 16.8 Å². The lowest BCUT2D eigenvalue weighted by molar-refractivity contribution is -0.141. The number of rotatable bonds is 9. The Kier molecular flexibility index (Phi) is 6.60. The van der Waals surface area contributed by atoms with Gasteiger partial charge in [-0.2, -0.15) is 0 Å². The van der Waals surface area contributed by atoms with E-state index in [1.165, 1.54) is 0 Å². The molecule has 0 aromatic heterocycles. The van der Waals surface area contributed by atoms with Crippen LogP contribution in [0.25, 0.3) is 10.8 Å². The number of benzene rings is 2. The van der Waals surface area contributed by atoms with Gasteiger partial charge in [0.2, 0.25) is 0 Å². The van der Waals surface area contributed by atoms with Crippen molar-refractivity contribution in [2.24, 2.45) is 0 Å². The van der Waals surface area contributed by atoms with Gasteiger partial charge in [-0.1, -0.05) is 30.8 Å². The van der Waals surface area contributed by atoms with E-state index in [1.807, 2.05) is 24.3 Å². The molecule has 0 saturated carbocycles. The third kappa shape index (κ3) is 4.71. The number of esters is 1. The normalized spacial score (nSPS) is 11.8. The number of ether oxygens (including phenoxy) is 4. The van der Waals surface area contributed by atoms with Crippen LogP contribution in [0, 0.1) is 0 Å². The zero-order valence-electron chi connectivity index (χ0n) is 13.4. The maximum Gasteiger partial charge on any atom is 0.330 e. The summed E-state index contributed by atoms with van der Waals surface area (Å²) in [4.78, 5) is 11.0. The molecule has 0 radical (unpaired) electrons. The van der Waals surface area contributed by atoms with Gasteiger partial charge in [0.25, 0.3) is 0 Å². The van der Waals surface area contributed by atoms with Gasteiger partial charge in [0.05, 0.1) is 0 Å². The summed E-state index contributed by atoms with van der Waals surface area (Å²) in [6.45, 7) is 3.28. The molecule has 2 aromatic carbocycles. The van der Waals surface area contributed by atoms with Gasteiger partial charge in [-0.3, -0.25) is 0 Å². The third-order valence-corrected chi connectivity index (χ3v) is 3.19. The van der Waals surface area contributed by atoms with Crippen molar-refractivity contribution in [2.75, 3.05) is 27.1 Å². The Morgan fingerprint density at radius 2 is 1.75 bits per heavy atom. The van der Waals surface area contributed by atoms with Crippen LogP contribution < -0.4 is 9.47 Å². The summed E-state index contributed by atoms with van der Waals surface area (Å²) in [5.74, 6) is 0.698. The summed E-state index contributed by atoms with van der Waals surface area (Å²) in [6, 6.07) is 11.1. The van der Waals surface area contributed by atoms with E-state index in [1.54, 1.807) is 19.2 Å². The molecule has 0 aliphatic heterocycles. The fourth-order valence-electron chi connectivity index (χ4n) is 2.09. The lowest BCUT2D eigenvalue weighted by Crippen LogP contribution is -2.24. The first kappa shape index (κ1) is 17.8. The SMILES string of the molecule is C=CC(=O)OCC(O)COc1ccc(OCOC)c2ccccc12. The summed E-state index contributed by atoms with van der Waals surface area (Å²) < 4.78 is 20.9. The second-order valence-electron chi connectivity index (χ2n) is 4.96. The van der Waals surface area contributed by atoms with Crippen LogP contribution in [0.3, 0.4) is 0 Å².